The molecule has 0 unspecified atom stereocenters. The van der Waals surface area contributed by atoms with Crippen molar-refractivity contribution < 1.29 is 9.32 Å². The lowest BCUT2D eigenvalue weighted by Crippen LogP contribution is -2.39. The fourth-order valence-electron chi connectivity index (χ4n) is 4.10. The maximum absolute atomic E-state index is 12.3. The molecule has 1 amide bonds. The van der Waals surface area contributed by atoms with Crippen LogP contribution in [0.4, 0.5) is 5.69 Å². The minimum absolute atomic E-state index is 0.0207. The lowest BCUT2D eigenvalue weighted by Gasteiger charge is -2.29. The van der Waals surface area contributed by atoms with Gasteiger partial charge in [0, 0.05) is 37.4 Å². The van der Waals surface area contributed by atoms with E-state index in [0.717, 1.165) is 44.2 Å². The molecule has 2 fully saturated rings. The molecule has 0 bridgehead atoms. The summed E-state index contributed by atoms with van der Waals surface area (Å²) in [6.45, 7) is 8.19. The van der Waals surface area contributed by atoms with Crippen LogP contribution in [-0.2, 0) is 0 Å². The van der Waals surface area contributed by atoms with Crippen LogP contribution in [0.25, 0.3) is 11.4 Å². The third-order valence-corrected chi connectivity index (χ3v) is 6.06. The van der Waals surface area contributed by atoms with Gasteiger partial charge in [-0.2, -0.15) is 4.98 Å². The maximum Gasteiger partial charge on any atom is 0.316 e. The summed E-state index contributed by atoms with van der Waals surface area (Å²) in [7, 11) is 0. The van der Waals surface area contributed by atoms with E-state index < -0.39 is 0 Å². The highest BCUT2D eigenvalue weighted by Crippen LogP contribution is 2.23. The summed E-state index contributed by atoms with van der Waals surface area (Å²) in [5, 5.41) is 6.88. The van der Waals surface area contributed by atoms with Crippen LogP contribution in [0, 0.1) is 5.92 Å². The van der Waals surface area contributed by atoms with E-state index in [1.807, 2.05) is 12.1 Å². The van der Waals surface area contributed by atoms with E-state index in [-0.39, 0.29) is 11.8 Å². The van der Waals surface area contributed by atoms with Crippen molar-refractivity contribution in [2.24, 2.45) is 5.92 Å². The van der Waals surface area contributed by atoms with Crippen molar-refractivity contribution in [3.8, 4) is 11.4 Å². The molecule has 1 aromatic heterocycles. The molecule has 2 saturated heterocycles. The van der Waals surface area contributed by atoms with Crippen LogP contribution in [0.5, 0.6) is 0 Å². The number of anilines is 1. The average molecular weight is 398 g/mol. The first-order valence-corrected chi connectivity index (χ1v) is 10.9. The standard InChI is InChI=1S/C22H31N5O2/c1-17-9-14-26(15-10-17)16-11-23-21(28)22-24-20(25-29-22)18-5-7-19(8-6-18)27-12-3-2-4-13-27/h5-8,17H,2-4,9-16H2,1H3,(H,23,28). The molecule has 2 aromatic rings. The number of piperidine rings is 2. The Morgan fingerprint density at radius 1 is 1.10 bits per heavy atom. The Morgan fingerprint density at radius 3 is 2.55 bits per heavy atom. The molecule has 2 aliphatic rings. The van der Waals surface area contributed by atoms with E-state index in [2.05, 4.69) is 44.3 Å². The van der Waals surface area contributed by atoms with Crippen LogP contribution in [0.1, 0.15) is 49.7 Å². The zero-order chi connectivity index (χ0) is 20.1. The summed E-state index contributed by atoms with van der Waals surface area (Å²) in [6, 6.07) is 8.17. The fraction of sp³-hybridized carbons (Fsp3) is 0.591. The van der Waals surface area contributed by atoms with Gasteiger partial charge in [0.15, 0.2) is 0 Å². The molecule has 7 nitrogen and oxygen atoms in total. The van der Waals surface area contributed by atoms with Gasteiger partial charge in [0.2, 0.25) is 5.82 Å². The van der Waals surface area contributed by atoms with Gasteiger partial charge in [-0.1, -0.05) is 12.1 Å². The topological polar surface area (TPSA) is 74.5 Å². The van der Waals surface area contributed by atoms with Gasteiger partial charge in [0.1, 0.15) is 0 Å². The molecular formula is C22H31N5O2. The number of aromatic nitrogens is 2. The third kappa shape index (κ3) is 5.15. The Kier molecular flexibility index (Phi) is 6.44. The Morgan fingerprint density at radius 2 is 1.83 bits per heavy atom. The minimum atomic E-state index is -0.306. The zero-order valence-corrected chi connectivity index (χ0v) is 17.3. The number of nitrogens with zero attached hydrogens (tertiary/aromatic N) is 4. The largest absolute Gasteiger partial charge is 0.372 e. The van der Waals surface area contributed by atoms with Crippen LogP contribution in [0.15, 0.2) is 28.8 Å². The molecule has 0 atom stereocenters. The van der Waals surface area contributed by atoms with Crippen LogP contribution in [0.3, 0.4) is 0 Å². The summed E-state index contributed by atoms with van der Waals surface area (Å²) in [6.07, 6.45) is 6.29. The first-order valence-electron chi connectivity index (χ1n) is 10.9. The van der Waals surface area contributed by atoms with Crippen molar-refractivity contribution in [1.29, 1.82) is 0 Å². The molecule has 0 spiro atoms. The van der Waals surface area contributed by atoms with Crippen molar-refractivity contribution in [2.45, 2.75) is 39.0 Å². The summed E-state index contributed by atoms with van der Waals surface area (Å²) < 4.78 is 5.19. The summed E-state index contributed by atoms with van der Waals surface area (Å²) in [5.74, 6) is 0.975. The number of carbonyl (C=O) groups excluding carboxylic acids is 1. The number of benzene rings is 1. The highest BCUT2D eigenvalue weighted by molar-refractivity contribution is 5.89. The van der Waals surface area contributed by atoms with Gasteiger partial charge in [0.05, 0.1) is 0 Å². The minimum Gasteiger partial charge on any atom is -0.372 e. The molecule has 1 N–H and O–H groups in total. The Labute approximate surface area is 172 Å². The molecule has 29 heavy (non-hydrogen) atoms. The zero-order valence-electron chi connectivity index (χ0n) is 17.3. The Bertz CT molecular complexity index is 790. The Balaban J connectivity index is 1.29. The van der Waals surface area contributed by atoms with Crippen molar-refractivity contribution in [2.75, 3.05) is 44.2 Å². The predicted octanol–water partition coefficient (Wildman–Crippen LogP) is 3.19. The number of carbonyl (C=O) groups is 1. The third-order valence-electron chi connectivity index (χ3n) is 6.06. The smallest absolute Gasteiger partial charge is 0.316 e. The number of nitrogens with one attached hydrogen (secondary N) is 1. The van der Waals surface area contributed by atoms with Gasteiger partial charge in [-0.05, 0) is 75.4 Å². The second kappa shape index (κ2) is 9.39. The maximum atomic E-state index is 12.3. The molecule has 4 rings (SSSR count). The van der Waals surface area contributed by atoms with Gasteiger partial charge in [-0.25, -0.2) is 0 Å². The number of likely N-dealkylation sites (tertiary alicyclic amines) is 1. The number of hydrogen-bond acceptors (Lipinski definition) is 6. The quantitative estimate of drug-likeness (QED) is 0.807. The van der Waals surface area contributed by atoms with Crippen molar-refractivity contribution in [3.63, 3.8) is 0 Å². The van der Waals surface area contributed by atoms with E-state index >= 15 is 0 Å². The van der Waals surface area contributed by atoms with Crippen LogP contribution >= 0.6 is 0 Å². The summed E-state index contributed by atoms with van der Waals surface area (Å²) in [4.78, 5) is 21.4. The molecule has 0 radical (unpaired) electrons. The molecule has 3 heterocycles. The van der Waals surface area contributed by atoms with E-state index in [1.54, 1.807) is 0 Å². The SMILES string of the molecule is CC1CCN(CCNC(=O)c2nc(-c3ccc(N4CCCCC4)cc3)no2)CC1. The van der Waals surface area contributed by atoms with Crippen LogP contribution in [-0.4, -0.2) is 60.2 Å². The van der Waals surface area contributed by atoms with Crippen molar-refractivity contribution in [1.82, 2.24) is 20.4 Å². The Hall–Kier alpha value is -2.41. The fourth-order valence-corrected chi connectivity index (χ4v) is 4.10. The normalized spacial score (nSPS) is 18.7. The van der Waals surface area contributed by atoms with E-state index in [1.165, 1.54) is 37.8 Å². The van der Waals surface area contributed by atoms with Gasteiger partial charge in [-0.3, -0.25) is 4.79 Å². The lowest BCUT2D eigenvalue weighted by molar-refractivity contribution is 0.0901. The van der Waals surface area contributed by atoms with Crippen molar-refractivity contribution >= 4 is 11.6 Å². The number of amides is 1. The molecule has 0 saturated carbocycles. The predicted molar refractivity (Wildman–Crippen MR) is 113 cm³/mol. The molecule has 0 aliphatic carbocycles. The number of hydrogen-bond donors (Lipinski definition) is 1. The van der Waals surface area contributed by atoms with Gasteiger partial charge >= 0.3 is 11.8 Å². The second-order valence-corrected chi connectivity index (χ2v) is 8.30. The summed E-state index contributed by atoms with van der Waals surface area (Å²) in [5.41, 5.74) is 2.08. The van der Waals surface area contributed by atoms with Crippen LogP contribution in [0.2, 0.25) is 0 Å². The first kappa shape index (κ1) is 19.9. The van der Waals surface area contributed by atoms with E-state index in [0.29, 0.717) is 12.4 Å². The van der Waals surface area contributed by atoms with Gasteiger partial charge < -0.3 is 19.6 Å². The summed E-state index contributed by atoms with van der Waals surface area (Å²) >= 11 is 0. The first-order chi connectivity index (χ1) is 14.2. The molecule has 156 valence electrons. The van der Waals surface area contributed by atoms with Gasteiger partial charge in [-0.15, -0.1) is 0 Å². The highest BCUT2D eigenvalue weighted by Gasteiger charge is 2.18. The molecule has 7 heteroatoms. The lowest BCUT2D eigenvalue weighted by atomic mass is 9.99. The monoisotopic (exact) mass is 397 g/mol. The molecule has 2 aliphatic heterocycles. The van der Waals surface area contributed by atoms with Gasteiger partial charge in [0.25, 0.3) is 0 Å². The van der Waals surface area contributed by atoms with E-state index in [9.17, 15) is 4.79 Å². The average Bonchev–Trinajstić information content (AvgIpc) is 3.26. The molecule has 1 aromatic carbocycles. The second-order valence-electron chi connectivity index (χ2n) is 8.30. The number of rotatable bonds is 6. The van der Waals surface area contributed by atoms with E-state index in [4.69, 9.17) is 4.52 Å². The van der Waals surface area contributed by atoms with Crippen molar-refractivity contribution in [3.05, 3.63) is 30.2 Å². The van der Waals surface area contributed by atoms with Crippen LogP contribution < -0.4 is 10.2 Å². The highest BCUT2D eigenvalue weighted by atomic mass is 16.5. The molecular weight excluding hydrogens is 366 g/mol.